The third kappa shape index (κ3) is 2.91. The molecule has 106 valence electrons. The van der Waals surface area contributed by atoms with Gasteiger partial charge < -0.3 is 0 Å². The summed E-state index contributed by atoms with van der Waals surface area (Å²) in [5, 5.41) is 0.0353. The predicted octanol–water partition coefficient (Wildman–Crippen LogP) is 1.45. The number of hydrogen-bond acceptors (Lipinski definition) is 4. The summed E-state index contributed by atoms with van der Waals surface area (Å²) in [5.41, 5.74) is 0. The zero-order valence-electron chi connectivity index (χ0n) is 11.1. The highest BCUT2D eigenvalue weighted by molar-refractivity contribution is 7.89. The summed E-state index contributed by atoms with van der Waals surface area (Å²) in [4.78, 5) is 6.19. The third-order valence-electron chi connectivity index (χ3n) is 3.48. The van der Waals surface area contributed by atoms with Gasteiger partial charge in [0.15, 0.2) is 0 Å². The number of piperazine rings is 1. The fourth-order valence-electron chi connectivity index (χ4n) is 2.35. The first-order valence-corrected chi connectivity index (χ1v) is 8.13. The Balaban J connectivity index is 2.25. The first-order chi connectivity index (χ1) is 8.96. The second kappa shape index (κ2) is 5.75. The van der Waals surface area contributed by atoms with Gasteiger partial charge in [0, 0.05) is 31.9 Å². The number of pyridine rings is 1. The minimum atomic E-state index is -3.55. The Hall–Kier alpha value is -0.690. The average molecular weight is 304 g/mol. The second-order valence-electron chi connectivity index (χ2n) is 4.63. The number of rotatable bonds is 3. The molecule has 1 saturated heterocycles. The van der Waals surface area contributed by atoms with E-state index in [9.17, 15) is 8.42 Å². The predicted molar refractivity (Wildman–Crippen MR) is 74.7 cm³/mol. The lowest BCUT2D eigenvalue weighted by atomic mass is 10.2. The average Bonchev–Trinajstić information content (AvgIpc) is 2.39. The molecular weight excluding hydrogens is 286 g/mol. The summed E-state index contributed by atoms with van der Waals surface area (Å²) in [7, 11) is -3.55. The molecule has 1 aromatic rings. The molecule has 0 aromatic carbocycles. The van der Waals surface area contributed by atoms with Gasteiger partial charge in [0.05, 0.1) is 0 Å². The molecule has 1 fully saturated rings. The Labute approximate surface area is 119 Å². The van der Waals surface area contributed by atoms with E-state index >= 15 is 0 Å². The molecular formula is C12H18ClN3O2S. The number of hydrogen-bond donors (Lipinski definition) is 0. The molecule has 0 amide bonds. The first-order valence-electron chi connectivity index (χ1n) is 6.31. The number of nitrogens with zero attached hydrogens (tertiary/aromatic N) is 3. The van der Waals surface area contributed by atoms with Gasteiger partial charge in [-0.15, -0.1) is 0 Å². The van der Waals surface area contributed by atoms with Crippen molar-refractivity contribution in [2.24, 2.45) is 0 Å². The van der Waals surface area contributed by atoms with Crippen molar-refractivity contribution in [2.45, 2.75) is 24.8 Å². The van der Waals surface area contributed by atoms with Gasteiger partial charge in [-0.1, -0.05) is 18.5 Å². The minimum Gasteiger partial charge on any atom is -0.298 e. The molecule has 0 spiro atoms. The minimum absolute atomic E-state index is 0.0353. The van der Waals surface area contributed by atoms with E-state index in [-0.39, 0.29) is 16.1 Å². The summed E-state index contributed by atoms with van der Waals surface area (Å²) in [5.74, 6) is 0. The van der Waals surface area contributed by atoms with Gasteiger partial charge in [-0.3, -0.25) is 4.90 Å². The van der Waals surface area contributed by atoms with E-state index in [0.29, 0.717) is 13.1 Å². The van der Waals surface area contributed by atoms with Crippen LogP contribution in [-0.2, 0) is 10.0 Å². The van der Waals surface area contributed by atoms with Crippen molar-refractivity contribution in [1.82, 2.24) is 14.2 Å². The highest BCUT2D eigenvalue weighted by Gasteiger charge is 2.32. The molecule has 5 nitrogen and oxygen atoms in total. The van der Waals surface area contributed by atoms with Crippen LogP contribution in [0.15, 0.2) is 23.2 Å². The molecule has 7 heteroatoms. The molecule has 0 bridgehead atoms. The van der Waals surface area contributed by atoms with Crippen LogP contribution in [0, 0.1) is 0 Å². The lowest BCUT2D eigenvalue weighted by Gasteiger charge is -2.38. The van der Waals surface area contributed by atoms with Crippen molar-refractivity contribution in [1.29, 1.82) is 0 Å². The van der Waals surface area contributed by atoms with Crippen molar-refractivity contribution in [3.63, 3.8) is 0 Å². The van der Waals surface area contributed by atoms with Gasteiger partial charge in [-0.25, -0.2) is 13.4 Å². The fourth-order valence-corrected chi connectivity index (χ4v) is 4.29. The normalized spacial score (nSPS) is 22.6. The van der Waals surface area contributed by atoms with Crippen molar-refractivity contribution in [3.05, 3.63) is 23.5 Å². The number of sulfonamides is 1. The molecule has 0 saturated carbocycles. The summed E-state index contributed by atoms with van der Waals surface area (Å²) in [6, 6.07) is 3.30. The fraction of sp³-hybridized carbons (Fsp3) is 0.583. The lowest BCUT2D eigenvalue weighted by molar-refractivity contribution is 0.135. The van der Waals surface area contributed by atoms with E-state index in [1.807, 2.05) is 6.92 Å². The Morgan fingerprint density at radius 3 is 2.79 bits per heavy atom. The van der Waals surface area contributed by atoms with Crippen LogP contribution in [0.4, 0.5) is 0 Å². The maximum absolute atomic E-state index is 12.5. The molecule has 1 aliphatic heterocycles. The van der Waals surface area contributed by atoms with E-state index in [2.05, 4.69) is 16.8 Å². The Morgan fingerprint density at radius 1 is 1.47 bits per heavy atom. The van der Waals surface area contributed by atoms with Crippen LogP contribution in [0.5, 0.6) is 0 Å². The van der Waals surface area contributed by atoms with Gasteiger partial charge in [-0.2, -0.15) is 4.31 Å². The maximum atomic E-state index is 12.5. The Kier molecular flexibility index (Phi) is 4.45. The first kappa shape index (κ1) is 14.7. The van der Waals surface area contributed by atoms with E-state index < -0.39 is 10.0 Å². The summed E-state index contributed by atoms with van der Waals surface area (Å²) >= 11 is 5.89. The zero-order chi connectivity index (χ0) is 14.0. The van der Waals surface area contributed by atoms with Crippen molar-refractivity contribution < 1.29 is 8.42 Å². The standard InChI is InChI=1S/C12H18ClN3O2S/c1-3-15-7-8-16(9-10(15)2)19(17,18)11-5-4-6-14-12(11)13/h4-6,10H,3,7-9H2,1-2H3. The summed E-state index contributed by atoms with van der Waals surface area (Å²) in [6.07, 6.45) is 1.49. The van der Waals surface area contributed by atoms with E-state index in [1.54, 1.807) is 6.07 Å². The van der Waals surface area contributed by atoms with Crippen molar-refractivity contribution in [2.75, 3.05) is 26.2 Å². The van der Waals surface area contributed by atoms with Crippen molar-refractivity contribution >= 4 is 21.6 Å². The van der Waals surface area contributed by atoms with E-state index in [4.69, 9.17) is 11.6 Å². The van der Waals surface area contributed by atoms with Gasteiger partial charge in [0.1, 0.15) is 10.0 Å². The van der Waals surface area contributed by atoms with Gasteiger partial charge in [0.25, 0.3) is 0 Å². The lowest BCUT2D eigenvalue weighted by Crippen LogP contribution is -2.53. The van der Waals surface area contributed by atoms with Crippen LogP contribution >= 0.6 is 11.6 Å². The Morgan fingerprint density at radius 2 is 2.21 bits per heavy atom. The van der Waals surface area contributed by atoms with Crippen molar-refractivity contribution in [3.8, 4) is 0 Å². The number of halogens is 1. The quantitative estimate of drug-likeness (QED) is 0.793. The van der Waals surface area contributed by atoms with Gasteiger partial charge in [-0.05, 0) is 25.6 Å². The summed E-state index contributed by atoms with van der Waals surface area (Å²) < 4.78 is 26.6. The highest BCUT2D eigenvalue weighted by Crippen LogP contribution is 2.24. The molecule has 1 unspecified atom stereocenters. The summed E-state index contributed by atoms with van der Waals surface area (Å²) in [6.45, 7) is 6.78. The molecule has 2 heterocycles. The van der Waals surface area contributed by atoms with Crippen LogP contribution in [0.25, 0.3) is 0 Å². The maximum Gasteiger partial charge on any atom is 0.246 e. The van der Waals surface area contributed by atoms with Crippen LogP contribution in [0.1, 0.15) is 13.8 Å². The van der Waals surface area contributed by atoms with Crippen LogP contribution in [0.3, 0.4) is 0 Å². The van der Waals surface area contributed by atoms with E-state index in [0.717, 1.165) is 13.1 Å². The molecule has 1 aromatic heterocycles. The second-order valence-corrected chi connectivity index (χ2v) is 6.90. The van der Waals surface area contributed by atoms with Gasteiger partial charge >= 0.3 is 0 Å². The monoisotopic (exact) mass is 303 g/mol. The zero-order valence-corrected chi connectivity index (χ0v) is 12.7. The SMILES string of the molecule is CCN1CCN(S(=O)(=O)c2cccnc2Cl)CC1C. The molecule has 0 aliphatic carbocycles. The van der Waals surface area contributed by atoms with E-state index in [1.165, 1.54) is 16.6 Å². The largest absolute Gasteiger partial charge is 0.298 e. The molecule has 0 N–H and O–H groups in total. The number of aromatic nitrogens is 1. The third-order valence-corrected chi connectivity index (χ3v) is 5.79. The molecule has 1 atom stereocenters. The van der Waals surface area contributed by atoms with Gasteiger partial charge in [0.2, 0.25) is 10.0 Å². The smallest absolute Gasteiger partial charge is 0.246 e. The van der Waals surface area contributed by atoms with Crippen LogP contribution in [0.2, 0.25) is 5.15 Å². The van der Waals surface area contributed by atoms with Crippen LogP contribution < -0.4 is 0 Å². The van der Waals surface area contributed by atoms with Crippen LogP contribution in [-0.4, -0.2) is 54.8 Å². The number of likely N-dealkylation sites (N-methyl/N-ethyl adjacent to an activating group) is 1. The molecule has 0 radical (unpaired) electrons. The topological polar surface area (TPSA) is 53.5 Å². The Bertz CT molecular complexity index is 550. The molecule has 1 aliphatic rings. The molecule has 2 rings (SSSR count). The highest BCUT2D eigenvalue weighted by atomic mass is 35.5. The molecule has 19 heavy (non-hydrogen) atoms.